The molecular formula is C41H56O5. The van der Waals surface area contributed by atoms with Crippen LogP contribution in [0.2, 0.25) is 0 Å². The molecule has 15 atom stereocenters. The predicted molar refractivity (Wildman–Crippen MR) is 177 cm³/mol. The van der Waals surface area contributed by atoms with E-state index in [0.717, 1.165) is 31.3 Å². The van der Waals surface area contributed by atoms with Gasteiger partial charge < -0.3 is 20.4 Å². The number of aliphatic hydroxyl groups is 4. The molecule has 5 heteroatoms. The van der Waals surface area contributed by atoms with E-state index >= 15 is 0 Å². The number of hydrogen-bond donors (Lipinski definition) is 4. The Hall–Kier alpha value is -1.53. The van der Waals surface area contributed by atoms with Gasteiger partial charge >= 0.3 is 0 Å². The van der Waals surface area contributed by atoms with E-state index in [1.807, 2.05) is 0 Å². The van der Waals surface area contributed by atoms with Gasteiger partial charge in [-0.3, -0.25) is 4.79 Å². The van der Waals surface area contributed by atoms with Gasteiger partial charge in [0, 0.05) is 23.2 Å². The molecule has 5 nitrogen and oxygen atoms in total. The van der Waals surface area contributed by atoms with Crippen LogP contribution >= 0.6 is 0 Å². The number of allylic oxidation sites excluding steroid dienone is 5. The van der Waals surface area contributed by atoms with Crippen LogP contribution in [0.25, 0.3) is 0 Å². The molecule has 46 heavy (non-hydrogen) atoms. The Morgan fingerprint density at radius 3 is 2.46 bits per heavy atom. The largest absolute Gasteiger partial charge is 0.392 e. The van der Waals surface area contributed by atoms with Crippen molar-refractivity contribution in [3.8, 4) is 0 Å². The SMILES string of the molecule is CC(C)C1=C2CCCC3C=CC4CCC5CC(C6CCC7(O)C8=CC(=O)C9CC(O)C(O)CC9(C)C8CCC67C)C(O)C1C5=C4C23. The third-order valence-electron chi connectivity index (χ3n) is 16.4. The van der Waals surface area contributed by atoms with Crippen LogP contribution in [0.3, 0.4) is 0 Å². The van der Waals surface area contributed by atoms with Crippen LogP contribution in [0.1, 0.15) is 105 Å². The molecule has 15 unspecified atom stereocenters. The summed E-state index contributed by atoms with van der Waals surface area (Å²) >= 11 is 0. The van der Waals surface area contributed by atoms with Crippen LogP contribution in [0, 0.1) is 70.0 Å². The molecule has 5 fully saturated rings. The number of rotatable bonds is 2. The molecule has 250 valence electrons. The molecule has 9 aliphatic carbocycles. The standard InChI is InChI=1S/C41H56O5/c1-20(2)33-24-7-5-6-21-8-9-22-10-11-23-16-25(38(45)37(33)36(23)35(22)34(21)24)26-13-15-41(46)28-17-30(42)29-18-31(43)32(44)19-39(29,3)27(28)12-14-40(26,41)4/h8-9,17,20-23,25-27,29,31-32,34,37-38,43-46H,5-7,10-16,18-19H2,1-4H3. The third kappa shape index (κ3) is 3.70. The quantitative estimate of drug-likeness (QED) is 0.263. The van der Waals surface area contributed by atoms with Gasteiger partial charge in [-0.15, -0.1) is 0 Å². The van der Waals surface area contributed by atoms with Gasteiger partial charge in [0.1, 0.15) is 0 Å². The Morgan fingerprint density at radius 1 is 0.870 bits per heavy atom. The second-order valence-electron chi connectivity index (χ2n) is 18.4. The van der Waals surface area contributed by atoms with Crippen LogP contribution in [-0.4, -0.2) is 50.1 Å². The lowest BCUT2D eigenvalue weighted by Crippen LogP contribution is -2.61. The van der Waals surface area contributed by atoms with Gasteiger partial charge in [0.25, 0.3) is 0 Å². The Balaban J connectivity index is 1.10. The summed E-state index contributed by atoms with van der Waals surface area (Å²) in [5.41, 5.74) is 5.54. The summed E-state index contributed by atoms with van der Waals surface area (Å²) in [5.74, 6) is 2.87. The number of carbonyl (C=O) groups excluding carboxylic acids is 1. The minimum Gasteiger partial charge on any atom is -0.392 e. The van der Waals surface area contributed by atoms with Crippen molar-refractivity contribution in [1.82, 2.24) is 0 Å². The second-order valence-corrected chi connectivity index (χ2v) is 18.4. The van der Waals surface area contributed by atoms with Crippen LogP contribution in [-0.2, 0) is 4.79 Å². The van der Waals surface area contributed by atoms with Crippen LogP contribution in [0.4, 0.5) is 0 Å². The maximum atomic E-state index is 13.7. The molecule has 0 aromatic carbocycles. The maximum Gasteiger partial charge on any atom is 0.159 e. The molecule has 5 saturated carbocycles. The highest BCUT2D eigenvalue weighted by Crippen LogP contribution is 2.70. The van der Waals surface area contributed by atoms with Gasteiger partial charge in [0.2, 0.25) is 0 Å². The van der Waals surface area contributed by atoms with E-state index in [0.29, 0.717) is 48.9 Å². The monoisotopic (exact) mass is 628 g/mol. The molecule has 0 spiro atoms. The Morgan fingerprint density at radius 2 is 1.67 bits per heavy atom. The Kier molecular flexibility index (Phi) is 6.65. The van der Waals surface area contributed by atoms with Gasteiger partial charge in [0.05, 0.1) is 23.9 Å². The van der Waals surface area contributed by atoms with E-state index in [9.17, 15) is 25.2 Å². The lowest BCUT2D eigenvalue weighted by molar-refractivity contribution is -0.156. The summed E-state index contributed by atoms with van der Waals surface area (Å²) in [7, 11) is 0. The first-order valence-corrected chi connectivity index (χ1v) is 19.1. The van der Waals surface area contributed by atoms with Gasteiger partial charge in [-0.1, -0.05) is 62.1 Å². The zero-order chi connectivity index (χ0) is 32.1. The van der Waals surface area contributed by atoms with Crippen molar-refractivity contribution >= 4 is 5.78 Å². The molecular weight excluding hydrogens is 572 g/mol. The number of fused-ring (bicyclic) bond motifs is 5. The van der Waals surface area contributed by atoms with E-state index in [1.165, 1.54) is 32.1 Å². The fourth-order valence-electron chi connectivity index (χ4n) is 14.4. The van der Waals surface area contributed by atoms with E-state index in [4.69, 9.17) is 0 Å². The molecule has 0 aromatic rings. The summed E-state index contributed by atoms with van der Waals surface area (Å²) in [6.45, 7) is 9.14. The lowest BCUT2D eigenvalue weighted by atomic mass is 9.44. The average molecular weight is 629 g/mol. The van der Waals surface area contributed by atoms with Gasteiger partial charge in [-0.05, 0) is 136 Å². The van der Waals surface area contributed by atoms with E-state index in [-0.39, 0.29) is 35.4 Å². The molecule has 9 rings (SSSR count). The smallest absolute Gasteiger partial charge is 0.159 e. The van der Waals surface area contributed by atoms with Crippen molar-refractivity contribution in [2.45, 2.75) is 129 Å². The number of carbonyl (C=O) groups is 1. The molecule has 0 aliphatic heterocycles. The normalized spacial score (nSPS) is 53.8. The molecule has 0 amide bonds. The highest BCUT2D eigenvalue weighted by atomic mass is 16.3. The summed E-state index contributed by atoms with van der Waals surface area (Å²) < 4.78 is 0. The van der Waals surface area contributed by atoms with Crippen LogP contribution in [0.15, 0.2) is 46.1 Å². The van der Waals surface area contributed by atoms with Crippen molar-refractivity contribution < 1.29 is 25.2 Å². The molecule has 0 radical (unpaired) electrons. The van der Waals surface area contributed by atoms with Crippen molar-refractivity contribution in [2.24, 2.45) is 70.0 Å². The van der Waals surface area contributed by atoms with E-state index in [2.05, 4.69) is 39.8 Å². The van der Waals surface area contributed by atoms with Gasteiger partial charge in [0.15, 0.2) is 5.78 Å². The number of hydrogen-bond acceptors (Lipinski definition) is 5. The fourth-order valence-corrected chi connectivity index (χ4v) is 14.4. The number of aliphatic hydroxyl groups excluding tert-OH is 3. The Labute approximate surface area is 275 Å². The van der Waals surface area contributed by atoms with E-state index < -0.39 is 34.7 Å². The highest BCUT2D eigenvalue weighted by Gasteiger charge is 2.68. The first kappa shape index (κ1) is 30.5. The minimum absolute atomic E-state index is 0.0174. The van der Waals surface area contributed by atoms with Crippen LogP contribution < -0.4 is 0 Å². The molecule has 0 saturated heterocycles. The summed E-state index contributed by atoms with van der Waals surface area (Å²) in [5, 5.41) is 46.9. The zero-order valence-corrected chi connectivity index (χ0v) is 28.4. The minimum atomic E-state index is -1.08. The zero-order valence-electron chi connectivity index (χ0n) is 28.4. The molecule has 4 N–H and O–H groups in total. The van der Waals surface area contributed by atoms with Crippen molar-refractivity contribution in [3.05, 3.63) is 46.1 Å². The van der Waals surface area contributed by atoms with Crippen molar-refractivity contribution in [3.63, 3.8) is 0 Å². The Bertz CT molecular complexity index is 1480. The topological polar surface area (TPSA) is 98.0 Å². The van der Waals surface area contributed by atoms with Crippen molar-refractivity contribution in [2.75, 3.05) is 0 Å². The third-order valence-corrected chi connectivity index (χ3v) is 16.4. The van der Waals surface area contributed by atoms with Gasteiger partial charge in [-0.2, -0.15) is 0 Å². The van der Waals surface area contributed by atoms with Gasteiger partial charge in [-0.25, -0.2) is 0 Å². The molecule has 0 bridgehead atoms. The first-order valence-electron chi connectivity index (χ1n) is 19.1. The number of ketones is 1. The fraction of sp³-hybridized carbons (Fsp3) is 0.780. The lowest BCUT2D eigenvalue weighted by Gasteiger charge is -2.61. The highest BCUT2D eigenvalue weighted by molar-refractivity contribution is 5.95. The molecule has 9 aliphatic rings. The first-order chi connectivity index (χ1) is 21.9. The van der Waals surface area contributed by atoms with Crippen molar-refractivity contribution in [1.29, 1.82) is 0 Å². The summed E-state index contributed by atoms with van der Waals surface area (Å²) in [4.78, 5) is 13.7. The summed E-state index contributed by atoms with van der Waals surface area (Å²) in [6.07, 6.45) is 15.9. The summed E-state index contributed by atoms with van der Waals surface area (Å²) in [6, 6.07) is 0. The molecule has 0 aromatic heterocycles. The average Bonchev–Trinajstić information content (AvgIpc) is 3.30. The maximum absolute atomic E-state index is 13.7. The molecule has 0 heterocycles. The van der Waals surface area contributed by atoms with E-state index in [1.54, 1.807) is 28.4 Å². The second kappa shape index (κ2) is 10.0. The van der Waals surface area contributed by atoms with Crippen LogP contribution in [0.5, 0.6) is 0 Å². The predicted octanol–water partition coefficient (Wildman–Crippen LogP) is 6.46.